The minimum Gasteiger partial charge on any atom is -0.271 e. The molecule has 0 fully saturated rings. The molecule has 1 unspecified atom stereocenters. The number of hydrazine groups is 1. The Bertz CT molecular complexity index is 414. The van der Waals surface area contributed by atoms with E-state index in [0.717, 1.165) is 16.6 Å². The summed E-state index contributed by atoms with van der Waals surface area (Å²) in [5, 5.41) is 7.98. The van der Waals surface area contributed by atoms with Crippen LogP contribution in [0.3, 0.4) is 0 Å². The van der Waals surface area contributed by atoms with Crippen LogP contribution in [0.15, 0.2) is 21.3 Å². The zero-order valence-corrected chi connectivity index (χ0v) is 10.9. The predicted molar refractivity (Wildman–Crippen MR) is 65.7 cm³/mol. The van der Waals surface area contributed by atoms with Crippen LogP contribution in [-0.2, 0) is 6.42 Å². The maximum Gasteiger partial charge on any atom is 0.0941 e. The summed E-state index contributed by atoms with van der Waals surface area (Å²) in [5.41, 5.74) is 3.65. The molecule has 3 N–H and O–H groups in total. The van der Waals surface area contributed by atoms with Crippen molar-refractivity contribution in [1.29, 1.82) is 0 Å². The molecular weight excluding hydrogens is 296 g/mol. The van der Waals surface area contributed by atoms with Crippen LogP contribution in [0.2, 0.25) is 0 Å². The number of aromatic nitrogens is 2. The second-order valence-corrected chi connectivity index (χ2v) is 5.51. The van der Waals surface area contributed by atoms with Crippen molar-refractivity contribution in [2.45, 2.75) is 12.5 Å². The number of nitrogens with zero attached hydrogens (tertiary/aromatic N) is 2. The molecule has 0 saturated carbocycles. The summed E-state index contributed by atoms with van der Waals surface area (Å²) >= 11 is 6.47. The highest BCUT2D eigenvalue weighted by Gasteiger charge is 2.14. The Hall–Kier alpha value is -0.340. The molecule has 2 aromatic heterocycles. The van der Waals surface area contributed by atoms with Gasteiger partial charge in [0.1, 0.15) is 0 Å². The fourth-order valence-electron chi connectivity index (χ4n) is 1.23. The van der Waals surface area contributed by atoms with Gasteiger partial charge in [0.25, 0.3) is 0 Å². The SMILES string of the molecule is NNC(Cc1cc(Br)cs1)c1csnn1. The molecule has 0 aromatic carbocycles. The molecular formula is C8H9BrN4S2. The summed E-state index contributed by atoms with van der Waals surface area (Å²) in [4.78, 5) is 1.26. The number of hydrogen-bond donors (Lipinski definition) is 2. The van der Waals surface area contributed by atoms with Gasteiger partial charge in [-0.05, 0) is 33.5 Å². The number of thiophene rings is 1. The average Bonchev–Trinajstić information content (AvgIpc) is 2.85. The molecule has 0 radical (unpaired) electrons. The Balaban J connectivity index is 2.09. The van der Waals surface area contributed by atoms with Crippen LogP contribution in [0, 0.1) is 0 Å². The van der Waals surface area contributed by atoms with Gasteiger partial charge in [-0.15, -0.1) is 16.4 Å². The molecule has 2 aromatic rings. The summed E-state index contributed by atoms with van der Waals surface area (Å²) in [6.45, 7) is 0. The van der Waals surface area contributed by atoms with Crippen molar-refractivity contribution < 1.29 is 0 Å². The van der Waals surface area contributed by atoms with E-state index < -0.39 is 0 Å². The number of nitrogens with one attached hydrogen (secondary N) is 1. The van der Waals surface area contributed by atoms with Crippen molar-refractivity contribution in [3.8, 4) is 0 Å². The van der Waals surface area contributed by atoms with Crippen LogP contribution in [0.1, 0.15) is 16.6 Å². The molecule has 15 heavy (non-hydrogen) atoms. The first-order chi connectivity index (χ1) is 7.29. The number of hydrogen-bond acceptors (Lipinski definition) is 6. The Labute approximate surface area is 104 Å². The first-order valence-corrected chi connectivity index (χ1v) is 6.76. The summed E-state index contributed by atoms with van der Waals surface area (Å²) in [6, 6.07) is 2.13. The van der Waals surface area contributed by atoms with Crippen LogP contribution >= 0.6 is 38.8 Å². The molecule has 2 rings (SSSR count). The third-order valence-electron chi connectivity index (χ3n) is 1.96. The number of halogens is 1. The van der Waals surface area contributed by atoms with Gasteiger partial charge in [0.15, 0.2) is 0 Å². The van der Waals surface area contributed by atoms with Gasteiger partial charge in [-0.25, -0.2) is 0 Å². The first kappa shape index (κ1) is 11.2. The van der Waals surface area contributed by atoms with Crippen LogP contribution in [-0.4, -0.2) is 9.59 Å². The zero-order valence-electron chi connectivity index (χ0n) is 7.68. The highest BCUT2D eigenvalue weighted by Crippen LogP contribution is 2.24. The maximum absolute atomic E-state index is 5.50. The van der Waals surface area contributed by atoms with Gasteiger partial charge in [-0.1, -0.05) is 4.49 Å². The van der Waals surface area contributed by atoms with Gasteiger partial charge < -0.3 is 0 Å². The van der Waals surface area contributed by atoms with Gasteiger partial charge in [-0.2, -0.15) is 0 Å². The number of nitrogens with two attached hydrogens (primary N) is 1. The van der Waals surface area contributed by atoms with Crippen molar-refractivity contribution in [1.82, 2.24) is 15.0 Å². The predicted octanol–water partition coefficient (Wildman–Crippen LogP) is 2.11. The molecule has 2 heterocycles. The van der Waals surface area contributed by atoms with Crippen molar-refractivity contribution in [3.63, 3.8) is 0 Å². The fraction of sp³-hybridized carbons (Fsp3) is 0.250. The Morgan fingerprint density at radius 3 is 2.93 bits per heavy atom. The molecule has 0 amide bonds. The quantitative estimate of drug-likeness (QED) is 0.671. The minimum atomic E-state index is 0.0364. The van der Waals surface area contributed by atoms with E-state index in [1.807, 2.05) is 5.38 Å². The third kappa shape index (κ3) is 2.82. The summed E-state index contributed by atoms with van der Waals surface area (Å²) in [5.74, 6) is 5.50. The highest BCUT2D eigenvalue weighted by atomic mass is 79.9. The lowest BCUT2D eigenvalue weighted by atomic mass is 10.1. The first-order valence-electron chi connectivity index (χ1n) is 4.25. The van der Waals surface area contributed by atoms with Crippen molar-refractivity contribution in [2.75, 3.05) is 0 Å². The van der Waals surface area contributed by atoms with Gasteiger partial charge in [0, 0.05) is 26.5 Å². The normalized spacial score (nSPS) is 12.9. The molecule has 0 spiro atoms. The van der Waals surface area contributed by atoms with Crippen LogP contribution in [0.25, 0.3) is 0 Å². The third-order valence-corrected chi connectivity index (χ3v) is 4.20. The Morgan fingerprint density at radius 1 is 1.53 bits per heavy atom. The largest absolute Gasteiger partial charge is 0.271 e. The van der Waals surface area contributed by atoms with E-state index in [1.165, 1.54) is 16.4 Å². The van der Waals surface area contributed by atoms with Gasteiger partial charge in [-0.3, -0.25) is 11.3 Å². The second kappa shape index (κ2) is 5.13. The van der Waals surface area contributed by atoms with Crippen molar-refractivity contribution in [2.24, 2.45) is 5.84 Å². The van der Waals surface area contributed by atoms with Crippen LogP contribution in [0.5, 0.6) is 0 Å². The standard InChI is InChI=1S/C8H9BrN4S2/c9-5-1-6(14-3-5)2-7(11-10)8-4-15-13-12-8/h1,3-4,7,11H,2,10H2. The lowest BCUT2D eigenvalue weighted by Gasteiger charge is -2.10. The Morgan fingerprint density at radius 2 is 2.40 bits per heavy atom. The summed E-state index contributed by atoms with van der Waals surface area (Å²) in [6.07, 6.45) is 0.832. The zero-order chi connectivity index (χ0) is 10.7. The fourth-order valence-corrected chi connectivity index (χ4v) is 3.24. The molecule has 0 aliphatic rings. The van der Waals surface area contributed by atoms with Gasteiger partial charge in [0.2, 0.25) is 0 Å². The summed E-state index contributed by atoms with van der Waals surface area (Å²) < 4.78 is 4.93. The van der Waals surface area contributed by atoms with Crippen LogP contribution < -0.4 is 11.3 Å². The molecule has 0 aliphatic carbocycles. The van der Waals surface area contributed by atoms with E-state index in [4.69, 9.17) is 5.84 Å². The molecule has 0 bridgehead atoms. The molecule has 7 heteroatoms. The average molecular weight is 305 g/mol. The number of rotatable bonds is 4. The minimum absolute atomic E-state index is 0.0364. The van der Waals surface area contributed by atoms with Crippen molar-refractivity contribution in [3.05, 3.63) is 31.9 Å². The van der Waals surface area contributed by atoms with Crippen molar-refractivity contribution >= 4 is 38.8 Å². The molecule has 0 saturated heterocycles. The topological polar surface area (TPSA) is 63.8 Å². The van der Waals surface area contributed by atoms with Crippen LogP contribution in [0.4, 0.5) is 0 Å². The molecule has 1 atom stereocenters. The van der Waals surface area contributed by atoms with E-state index in [-0.39, 0.29) is 6.04 Å². The highest BCUT2D eigenvalue weighted by molar-refractivity contribution is 9.10. The lowest BCUT2D eigenvalue weighted by Crippen LogP contribution is -2.29. The van der Waals surface area contributed by atoms with E-state index in [9.17, 15) is 0 Å². The van der Waals surface area contributed by atoms with E-state index in [1.54, 1.807) is 11.3 Å². The van der Waals surface area contributed by atoms with E-state index in [2.05, 4.69) is 42.4 Å². The summed E-state index contributed by atoms with van der Waals surface area (Å²) in [7, 11) is 0. The molecule has 0 aliphatic heterocycles. The smallest absolute Gasteiger partial charge is 0.0941 e. The monoisotopic (exact) mass is 304 g/mol. The maximum atomic E-state index is 5.50. The van der Waals surface area contributed by atoms with E-state index >= 15 is 0 Å². The molecule has 80 valence electrons. The molecule has 4 nitrogen and oxygen atoms in total. The van der Waals surface area contributed by atoms with Gasteiger partial charge >= 0.3 is 0 Å². The van der Waals surface area contributed by atoms with E-state index in [0.29, 0.717) is 0 Å². The van der Waals surface area contributed by atoms with Gasteiger partial charge in [0.05, 0.1) is 11.7 Å². The second-order valence-electron chi connectivity index (χ2n) is 2.98. The lowest BCUT2D eigenvalue weighted by molar-refractivity contribution is 0.540. The Kier molecular flexibility index (Phi) is 3.81.